The highest BCUT2D eigenvalue weighted by atomic mass is 16.5. The zero-order valence-electron chi connectivity index (χ0n) is 9.67. The molecule has 0 bridgehead atoms. The molecule has 0 radical (unpaired) electrons. The number of nitrogens with zero attached hydrogens (tertiary/aromatic N) is 1. The van der Waals surface area contributed by atoms with E-state index >= 15 is 0 Å². The van der Waals surface area contributed by atoms with E-state index < -0.39 is 0 Å². The zero-order chi connectivity index (χ0) is 10.8. The fourth-order valence-electron chi connectivity index (χ4n) is 1.65. The highest BCUT2D eigenvalue weighted by Crippen LogP contribution is 2.21. The van der Waals surface area contributed by atoms with Crippen LogP contribution < -0.4 is 0 Å². The van der Waals surface area contributed by atoms with Crippen LogP contribution in [0.3, 0.4) is 0 Å². The fraction of sp³-hybridized carbons (Fsp3) is 0.909. The van der Waals surface area contributed by atoms with Gasteiger partial charge in [0, 0.05) is 13.0 Å². The van der Waals surface area contributed by atoms with Crippen molar-refractivity contribution < 1.29 is 9.53 Å². The van der Waals surface area contributed by atoms with Crippen LogP contribution in [-0.4, -0.2) is 36.6 Å². The minimum absolute atomic E-state index is 0.0785. The van der Waals surface area contributed by atoms with Crippen LogP contribution in [0.25, 0.3) is 0 Å². The summed E-state index contributed by atoms with van der Waals surface area (Å²) >= 11 is 0. The Morgan fingerprint density at radius 2 is 2.14 bits per heavy atom. The van der Waals surface area contributed by atoms with E-state index in [0.717, 1.165) is 6.54 Å². The van der Waals surface area contributed by atoms with Gasteiger partial charge in [0.25, 0.3) is 0 Å². The molecular formula is C11H21NO2. The van der Waals surface area contributed by atoms with E-state index in [0.29, 0.717) is 19.6 Å². The van der Waals surface area contributed by atoms with Crippen molar-refractivity contribution in [3.05, 3.63) is 0 Å². The molecule has 0 saturated carbocycles. The van der Waals surface area contributed by atoms with Crippen LogP contribution in [0.15, 0.2) is 0 Å². The van der Waals surface area contributed by atoms with Gasteiger partial charge in [0.05, 0.1) is 19.3 Å². The normalized spacial score (nSPS) is 23.7. The Hall–Kier alpha value is -0.570. The molecule has 3 nitrogen and oxygen atoms in total. The number of rotatable bonds is 1. The molecule has 1 aliphatic heterocycles. The van der Waals surface area contributed by atoms with Crippen molar-refractivity contribution in [3.63, 3.8) is 0 Å². The summed E-state index contributed by atoms with van der Waals surface area (Å²) in [4.78, 5) is 13.8. The second-order valence-corrected chi connectivity index (χ2v) is 5.25. The number of carbonyl (C=O) groups excluding carboxylic acids is 1. The van der Waals surface area contributed by atoms with Gasteiger partial charge in [-0.3, -0.25) is 4.79 Å². The number of ether oxygens (including phenoxy) is 1. The topological polar surface area (TPSA) is 29.5 Å². The maximum absolute atomic E-state index is 11.9. The molecule has 0 unspecified atom stereocenters. The summed E-state index contributed by atoms with van der Waals surface area (Å²) in [7, 11) is 0. The highest BCUT2D eigenvalue weighted by molar-refractivity contribution is 5.77. The number of carbonyl (C=O) groups is 1. The lowest BCUT2D eigenvalue weighted by molar-refractivity contribution is -0.141. The molecule has 0 N–H and O–H groups in total. The third-order valence-corrected chi connectivity index (χ3v) is 2.37. The Labute approximate surface area is 86.4 Å². The number of amides is 1. The minimum atomic E-state index is 0.0785. The van der Waals surface area contributed by atoms with Crippen molar-refractivity contribution >= 4 is 5.91 Å². The van der Waals surface area contributed by atoms with Gasteiger partial charge in [0.2, 0.25) is 5.91 Å². The Morgan fingerprint density at radius 1 is 1.50 bits per heavy atom. The van der Waals surface area contributed by atoms with E-state index in [4.69, 9.17) is 4.74 Å². The first kappa shape index (κ1) is 11.5. The van der Waals surface area contributed by atoms with Gasteiger partial charge in [-0.15, -0.1) is 0 Å². The molecule has 82 valence electrons. The van der Waals surface area contributed by atoms with Crippen LogP contribution in [0.2, 0.25) is 0 Å². The lowest BCUT2D eigenvalue weighted by Gasteiger charge is -2.35. The quantitative estimate of drug-likeness (QED) is 0.643. The summed E-state index contributed by atoms with van der Waals surface area (Å²) in [5.74, 6) is 0.258. The van der Waals surface area contributed by atoms with Crippen molar-refractivity contribution in [1.29, 1.82) is 0 Å². The van der Waals surface area contributed by atoms with Crippen molar-refractivity contribution in [1.82, 2.24) is 4.90 Å². The molecule has 0 aromatic carbocycles. The number of hydrogen-bond acceptors (Lipinski definition) is 2. The fourth-order valence-corrected chi connectivity index (χ4v) is 1.65. The standard InChI is InChI=1S/C11H21NO2/c1-9-8-14-6-5-12(9)10(13)7-11(2,3)4/h9H,5-8H2,1-4H3/t9-/m1/s1. The molecule has 1 aliphatic rings. The second-order valence-electron chi connectivity index (χ2n) is 5.25. The van der Waals surface area contributed by atoms with Crippen molar-refractivity contribution in [2.24, 2.45) is 5.41 Å². The minimum Gasteiger partial charge on any atom is -0.377 e. The van der Waals surface area contributed by atoms with Crippen LogP contribution in [0.1, 0.15) is 34.1 Å². The SMILES string of the molecule is C[C@@H]1COCCN1C(=O)CC(C)(C)C. The molecule has 3 heteroatoms. The van der Waals surface area contributed by atoms with Crippen LogP contribution in [0.4, 0.5) is 0 Å². The van der Waals surface area contributed by atoms with Crippen molar-refractivity contribution in [3.8, 4) is 0 Å². The molecule has 0 spiro atoms. The maximum atomic E-state index is 11.9. The second kappa shape index (κ2) is 4.30. The summed E-state index contributed by atoms with van der Waals surface area (Å²) in [6.07, 6.45) is 0.622. The molecule has 0 aromatic heterocycles. The molecule has 0 aliphatic carbocycles. The zero-order valence-corrected chi connectivity index (χ0v) is 9.67. The monoisotopic (exact) mass is 199 g/mol. The largest absolute Gasteiger partial charge is 0.377 e. The van der Waals surface area contributed by atoms with E-state index in [1.165, 1.54) is 0 Å². The summed E-state index contributed by atoms with van der Waals surface area (Å²) in [6, 6.07) is 0.235. The van der Waals surface area contributed by atoms with Crippen molar-refractivity contribution in [2.45, 2.75) is 40.2 Å². The van der Waals surface area contributed by atoms with Gasteiger partial charge < -0.3 is 9.64 Å². The van der Waals surface area contributed by atoms with Gasteiger partial charge in [-0.2, -0.15) is 0 Å². The molecule has 0 aromatic rings. The predicted molar refractivity (Wildman–Crippen MR) is 56.1 cm³/mol. The Kier molecular flexibility index (Phi) is 3.53. The van der Waals surface area contributed by atoms with Gasteiger partial charge in [-0.05, 0) is 12.3 Å². The maximum Gasteiger partial charge on any atom is 0.223 e. The van der Waals surface area contributed by atoms with Gasteiger partial charge in [0.15, 0.2) is 0 Å². The van der Waals surface area contributed by atoms with Gasteiger partial charge in [-0.25, -0.2) is 0 Å². The Balaban J connectivity index is 2.50. The molecule has 1 rings (SSSR count). The summed E-state index contributed by atoms with van der Waals surface area (Å²) in [5.41, 5.74) is 0.0785. The Bertz CT molecular complexity index is 208. The van der Waals surface area contributed by atoms with Crippen molar-refractivity contribution in [2.75, 3.05) is 19.8 Å². The van der Waals surface area contributed by atoms with E-state index in [9.17, 15) is 4.79 Å². The van der Waals surface area contributed by atoms with E-state index in [-0.39, 0.29) is 17.4 Å². The average Bonchev–Trinajstić information content (AvgIpc) is 2.01. The molecule has 1 atom stereocenters. The Morgan fingerprint density at radius 3 is 2.64 bits per heavy atom. The lowest BCUT2D eigenvalue weighted by atomic mass is 9.91. The van der Waals surface area contributed by atoms with Crippen LogP contribution in [-0.2, 0) is 9.53 Å². The molecule has 1 amide bonds. The smallest absolute Gasteiger partial charge is 0.223 e. The average molecular weight is 199 g/mol. The van der Waals surface area contributed by atoms with Crippen LogP contribution >= 0.6 is 0 Å². The first-order valence-corrected chi connectivity index (χ1v) is 5.27. The molecule has 1 fully saturated rings. The summed E-state index contributed by atoms with van der Waals surface area (Å²) in [5, 5.41) is 0. The first-order chi connectivity index (χ1) is 6.40. The molecule has 1 heterocycles. The molecule has 1 saturated heterocycles. The van der Waals surface area contributed by atoms with Crippen LogP contribution in [0.5, 0.6) is 0 Å². The van der Waals surface area contributed by atoms with E-state index in [1.54, 1.807) is 0 Å². The lowest BCUT2D eigenvalue weighted by Crippen LogP contribution is -2.47. The van der Waals surface area contributed by atoms with Gasteiger partial charge in [-0.1, -0.05) is 20.8 Å². The van der Waals surface area contributed by atoms with E-state index in [1.807, 2.05) is 11.8 Å². The number of morpholine rings is 1. The van der Waals surface area contributed by atoms with Gasteiger partial charge in [0.1, 0.15) is 0 Å². The summed E-state index contributed by atoms with van der Waals surface area (Å²) < 4.78 is 5.30. The molecule has 14 heavy (non-hydrogen) atoms. The van der Waals surface area contributed by atoms with Crippen LogP contribution in [0, 0.1) is 5.41 Å². The van der Waals surface area contributed by atoms with E-state index in [2.05, 4.69) is 20.8 Å². The number of hydrogen-bond donors (Lipinski definition) is 0. The third kappa shape index (κ3) is 3.29. The highest BCUT2D eigenvalue weighted by Gasteiger charge is 2.26. The van der Waals surface area contributed by atoms with Gasteiger partial charge >= 0.3 is 0 Å². The first-order valence-electron chi connectivity index (χ1n) is 5.27. The third-order valence-electron chi connectivity index (χ3n) is 2.37. The predicted octanol–water partition coefficient (Wildman–Crippen LogP) is 1.67. The summed E-state index contributed by atoms with van der Waals surface area (Å²) in [6.45, 7) is 10.4. The molecular weight excluding hydrogens is 178 g/mol.